The number of halogens is 4. The molecule has 0 aliphatic carbocycles. The number of rotatable bonds is 5. The number of benzene rings is 1. The van der Waals surface area contributed by atoms with Crippen LogP contribution in [-0.2, 0) is 4.79 Å². The maximum absolute atomic E-state index is 12.1. The monoisotopic (exact) mass is 381 g/mol. The number of piperazine rings is 1. The standard InChI is InChI=1S/C16H22F3N3O2.ClH/c1-11-9-20-7-8-22(11)10-15(23)21-12(2)13-3-5-14(6-4-13)24-16(17,18)19;/h3-6,11-12,20H,7-10H2,1-2H3,(H,21,23);1H/t11-,12?;/m1./s1. The van der Waals surface area contributed by atoms with Gasteiger partial charge in [0.15, 0.2) is 0 Å². The number of hydrogen-bond acceptors (Lipinski definition) is 4. The van der Waals surface area contributed by atoms with Crippen LogP contribution in [0.1, 0.15) is 25.5 Å². The van der Waals surface area contributed by atoms with Gasteiger partial charge < -0.3 is 15.4 Å². The lowest BCUT2D eigenvalue weighted by molar-refractivity contribution is -0.274. The molecule has 1 saturated heterocycles. The van der Waals surface area contributed by atoms with Gasteiger partial charge >= 0.3 is 6.36 Å². The van der Waals surface area contributed by atoms with Crippen molar-refractivity contribution in [1.82, 2.24) is 15.5 Å². The van der Waals surface area contributed by atoms with Crippen LogP contribution in [0.5, 0.6) is 5.75 Å². The normalized spacial score (nSPS) is 19.6. The highest BCUT2D eigenvalue weighted by atomic mass is 35.5. The van der Waals surface area contributed by atoms with E-state index in [0.29, 0.717) is 18.2 Å². The lowest BCUT2D eigenvalue weighted by Gasteiger charge is -2.33. The summed E-state index contributed by atoms with van der Waals surface area (Å²) in [5.74, 6) is -0.383. The van der Waals surface area contributed by atoms with Crippen molar-refractivity contribution in [2.75, 3.05) is 26.2 Å². The number of ether oxygens (including phenoxy) is 1. The minimum absolute atomic E-state index is 0. The lowest BCUT2D eigenvalue weighted by Crippen LogP contribution is -2.52. The molecule has 2 rings (SSSR count). The molecule has 25 heavy (non-hydrogen) atoms. The molecule has 142 valence electrons. The molecular weight excluding hydrogens is 359 g/mol. The number of amides is 1. The molecule has 0 aromatic heterocycles. The number of nitrogens with one attached hydrogen (secondary N) is 2. The van der Waals surface area contributed by atoms with Crippen LogP contribution in [0.25, 0.3) is 0 Å². The molecule has 1 aliphatic rings. The predicted molar refractivity (Wildman–Crippen MR) is 90.8 cm³/mol. The van der Waals surface area contributed by atoms with E-state index < -0.39 is 6.36 Å². The van der Waals surface area contributed by atoms with Crippen molar-refractivity contribution in [2.24, 2.45) is 0 Å². The second-order valence-corrected chi connectivity index (χ2v) is 5.93. The third-order valence-corrected chi connectivity index (χ3v) is 3.98. The molecule has 1 amide bonds. The van der Waals surface area contributed by atoms with Gasteiger partial charge in [0.1, 0.15) is 5.75 Å². The largest absolute Gasteiger partial charge is 0.573 e. The smallest absolute Gasteiger partial charge is 0.406 e. The maximum atomic E-state index is 12.1. The molecule has 1 heterocycles. The fourth-order valence-corrected chi connectivity index (χ4v) is 2.63. The zero-order valence-corrected chi connectivity index (χ0v) is 14.9. The summed E-state index contributed by atoms with van der Waals surface area (Å²) in [6.45, 7) is 6.67. The number of alkyl halides is 3. The fraction of sp³-hybridized carbons (Fsp3) is 0.562. The molecule has 1 aromatic carbocycles. The minimum atomic E-state index is -4.71. The van der Waals surface area contributed by atoms with Crippen molar-refractivity contribution < 1.29 is 22.7 Å². The molecule has 9 heteroatoms. The molecule has 1 aromatic rings. The number of nitrogens with zero attached hydrogens (tertiary/aromatic N) is 1. The Labute approximate surface area is 151 Å². The van der Waals surface area contributed by atoms with Gasteiger partial charge in [-0.2, -0.15) is 0 Å². The van der Waals surface area contributed by atoms with Crippen LogP contribution < -0.4 is 15.4 Å². The van der Waals surface area contributed by atoms with Crippen LogP contribution in [0.2, 0.25) is 0 Å². The first-order valence-corrected chi connectivity index (χ1v) is 7.84. The Kier molecular flexibility index (Phi) is 7.98. The highest BCUT2D eigenvalue weighted by molar-refractivity contribution is 5.85. The fourth-order valence-electron chi connectivity index (χ4n) is 2.63. The summed E-state index contributed by atoms with van der Waals surface area (Å²) in [7, 11) is 0. The van der Waals surface area contributed by atoms with E-state index in [9.17, 15) is 18.0 Å². The molecule has 0 saturated carbocycles. The summed E-state index contributed by atoms with van der Waals surface area (Å²) in [5.41, 5.74) is 0.714. The van der Waals surface area contributed by atoms with Crippen LogP contribution in [-0.4, -0.2) is 49.4 Å². The third-order valence-electron chi connectivity index (χ3n) is 3.98. The first kappa shape index (κ1) is 21.5. The van der Waals surface area contributed by atoms with Crippen molar-refractivity contribution in [3.05, 3.63) is 29.8 Å². The average molecular weight is 382 g/mol. The molecule has 1 aliphatic heterocycles. The van der Waals surface area contributed by atoms with Gasteiger partial charge in [0.05, 0.1) is 12.6 Å². The Balaban J connectivity index is 0.00000312. The predicted octanol–water partition coefficient (Wildman–Crippen LogP) is 2.48. The van der Waals surface area contributed by atoms with E-state index in [1.165, 1.54) is 24.3 Å². The molecular formula is C16H23ClF3N3O2. The Morgan fingerprint density at radius 1 is 1.40 bits per heavy atom. The van der Waals surface area contributed by atoms with Gasteiger partial charge in [-0.1, -0.05) is 12.1 Å². The van der Waals surface area contributed by atoms with Gasteiger partial charge in [0, 0.05) is 25.7 Å². The number of hydrogen-bond donors (Lipinski definition) is 2. The maximum Gasteiger partial charge on any atom is 0.573 e. The summed E-state index contributed by atoms with van der Waals surface area (Å²) >= 11 is 0. The van der Waals surface area contributed by atoms with Crippen molar-refractivity contribution in [2.45, 2.75) is 32.3 Å². The van der Waals surface area contributed by atoms with Gasteiger partial charge in [0.25, 0.3) is 0 Å². The second-order valence-electron chi connectivity index (χ2n) is 5.93. The number of carbonyl (C=O) groups is 1. The molecule has 5 nitrogen and oxygen atoms in total. The molecule has 0 bridgehead atoms. The topological polar surface area (TPSA) is 53.6 Å². The summed E-state index contributed by atoms with van der Waals surface area (Å²) in [6, 6.07) is 5.50. The molecule has 2 atom stereocenters. The molecule has 1 fully saturated rings. The Bertz CT molecular complexity index is 555. The van der Waals surface area contributed by atoms with E-state index in [2.05, 4.69) is 27.2 Å². The number of carbonyl (C=O) groups excluding carboxylic acids is 1. The summed E-state index contributed by atoms with van der Waals surface area (Å²) in [6.07, 6.45) is -4.71. The van der Waals surface area contributed by atoms with Gasteiger partial charge in [-0.05, 0) is 31.5 Å². The van der Waals surface area contributed by atoms with Crippen molar-refractivity contribution in [1.29, 1.82) is 0 Å². The van der Waals surface area contributed by atoms with Crippen molar-refractivity contribution in [3.8, 4) is 5.75 Å². The highest BCUT2D eigenvalue weighted by Gasteiger charge is 2.31. The van der Waals surface area contributed by atoms with Crippen LogP contribution in [0, 0.1) is 0 Å². The first-order valence-electron chi connectivity index (χ1n) is 7.84. The SMILES string of the molecule is CC(NC(=O)CN1CCNC[C@H]1C)c1ccc(OC(F)(F)F)cc1.Cl. The minimum Gasteiger partial charge on any atom is -0.406 e. The van der Waals surface area contributed by atoms with E-state index in [1.54, 1.807) is 6.92 Å². The highest BCUT2D eigenvalue weighted by Crippen LogP contribution is 2.24. The van der Waals surface area contributed by atoms with Gasteiger partial charge in [0.2, 0.25) is 5.91 Å². The zero-order chi connectivity index (χ0) is 17.7. The van der Waals surface area contributed by atoms with Gasteiger partial charge in [-0.3, -0.25) is 9.69 Å². The van der Waals surface area contributed by atoms with Crippen molar-refractivity contribution >= 4 is 18.3 Å². The molecule has 2 N–H and O–H groups in total. The Morgan fingerprint density at radius 2 is 2.04 bits per heavy atom. The molecule has 0 spiro atoms. The second kappa shape index (κ2) is 9.26. The summed E-state index contributed by atoms with van der Waals surface area (Å²) in [5, 5.41) is 6.13. The summed E-state index contributed by atoms with van der Waals surface area (Å²) in [4.78, 5) is 14.2. The van der Waals surface area contributed by atoms with E-state index in [0.717, 1.165) is 19.6 Å². The van der Waals surface area contributed by atoms with Crippen LogP contribution in [0.4, 0.5) is 13.2 Å². The van der Waals surface area contributed by atoms with E-state index in [-0.39, 0.29) is 30.1 Å². The Hall–Kier alpha value is -1.51. The molecule has 1 unspecified atom stereocenters. The average Bonchev–Trinajstić information content (AvgIpc) is 2.48. The summed E-state index contributed by atoms with van der Waals surface area (Å²) < 4.78 is 40.2. The van der Waals surface area contributed by atoms with E-state index >= 15 is 0 Å². The Morgan fingerprint density at radius 3 is 2.60 bits per heavy atom. The van der Waals surface area contributed by atoms with E-state index in [4.69, 9.17) is 0 Å². The zero-order valence-electron chi connectivity index (χ0n) is 14.1. The van der Waals surface area contributed by atoms with Gasteiger partial charge in [-0.25, -0.2) is 0 Å². The van der Waals surface area contributed by atoms with Crippen LogP contribution in [0.15, 0.2) is 24.3 Å². The quantitative estimate of drug-likeness (QED) is 0.822. The van der Waals surface area contributed by atoms with E-state index in [1.807, 2.05) is 0 Å². The van der Waals surface area contributed by atoms with Crippen LogP contribution in [0.3, 0.4) is 0 Å². The van der Waals surface area contributed by atoms with Crippen LogP contribution >= 0.6 is 12.4 Å². The first-order chi connectivity index (χ1) is 11.2. The van der Waals surface area contributed by atoms with Gasteiger partial charge in [-0.15, -0.1) is 25.6 Å². The third kappa shape index (κ3) is 7.09. The molecule has 0 radical (unpaired) electrons. The lowest BCUT2D eigenvalue weighted by atomic mass is 10.1. The van der Waals surface area contributed by atoms with Crippen molar-refractivity contribution in [3.63, 3.8) is 0 Å².